The average molecular weight is 414 g/mol. The van der Waals surface area contributed by atoms with Gasteiger partial charge in [-0.2, -0.15) is 0 Å². The van der Waals surface area contributed by atoms with E-state index in [4.69, 9.17) is 4.74 Å². The number of likely N-dealkylation sites (tertiary alicyclic amines) is 1. The number of hydrogen-bond acceptors (Lipinski definition) is 5. The second-order valence-electron chi connectivity index (χ2n) is 10.6. The first-order chi connectivity index (χ1) is 14.4. The van der Waals surface area contributed by atoms with E-state index in [0.717, 1.165) is 36.7 Å². The molecule has 0 spiro atoms. The molecule has 1 aliphatic carbocycles. The predicted molar refractivity (Wildman–Crippen MR) is 121 cm³/mol. The molecular formula is C25H39N3O2. The molecule has 3 heterocycles. The Kier molecular flexibility index (Phi) is 6.66. The van der Waals surface area contributed by atoms with Crippen molar-refractivity contribution in [2.24, 2.45) is 11.8 Å². The molecule has 166 valence electrons. The third-order valence-corrected chi connectivity index (χ3v) is 7.24. The number of ether oxygens (including phenoxy) is 1. The lowest BCUT2D eigenvalue weighted by molar-refractivity contribution is 0.00629. The monoisotopic (exact) mass is 413 g/mol. The number of carbonyl (C=O) groups is 1. The maximum Gasteiger partial charge on any atom is 0.357 e. The predicted octanol–water partition coefficient (Wildman–Crippen LogP) is 4.91. The van der Waals surface area contributed by atoms with E-state index < -0.39 is 5.60 Å². The highest BCUT2D eigenvalue weighted by atomic mass is 16.6. The van der Waals surface area contributed by atoms with Crippen LogP contribution in [0, 0.1) is 11.8 Å². The standard InChI is InChI=1S/C25H39N3O2/c1-25(2,3)30-24(29)23-8-7-22(18-26-23)28-15-11-20(12-16-28)17-19-9-13-27(14-10-19)21-5-4-6-21/h7-8,18-21H,4-6,9-17H2,1-3H3. The summed E-state index contributed by atoms with van der Waals surface area (Å²) in [4.78, 5) is 21.7. The van der Waals surface area contributed by atoms with Crippen LogP contribution in [0.2, 0.25) is 0 Å². The Bertz CT molecular complexity index is 692. The molecule has 0 aromatic carbocycles. The van der Waals surface area contributed by atoms with Gasteiger partial charge in [-0.05, 0) is 103 Å². The molecule has 2 saturated heterocycles. The van der Waals surface area contributed by atoms with Gasteiger partial charge >= 0.3 is 5.97 Å². The number of rotatable bonds is 5. The summed E-state index contributed by atoms with van der Waals surface area (Å²) in [5.74, 6) is 1.46. The summed E-state index contributed by atoms with van der Waals surface area (Å²) in [7, 11) is 0. The van der Waals surface area contributed by atoms with Crippen molar-refractivity contribution in [3.05, 3.63) is 24.0 Å². The van der Waals surface area contributed by atoms with Crippen LogP contribution in [0.15, 0.2) is 18.3 Å². The van der Waals surface area contributed by atoms with Gasteiger partial charge in [0.25, 0.3) is 0 Å². The first-order valence-electron chi connectivity index (χ1n) is 12.1. The summed E-state index contributed by atoms with van der Waals surface area (Å²) in [5, 5.41) is 0. The number of carbonyl (C=O) groups excluding carboxylic acids is 1. The van der Waals surface area contributed by atoms with Gasteiger partial charge in [-0.15, -0.1) is 0 Å². The molecule has 2 aliphatic heterocycles. The lowest BCUT2D eigenvalue weighted by Crippen LogP contribution is -2.45. The van der Waals surface area contributed by atoms with Crippen LogP contribution in [0.1, 0.15) is 82.6 Å². The van der Waals surface area contributed by atoms with Crippen LogP contribution < -0.4 is 4.90 Å². The fourth-order valence-electron chi connectivity index (χ4n) is 5.23. The molecule has 0 amide bonds. The van der Waals surface area contributed by atoms with Crippen LogP contribution in [-0.4, -0.2) is 53.7 Å². The lowest BCUT2D eigenvalue weighted by Gasteiger charge is -2.43. The summed E-state index contributed by atoms with van der Waals surface area (Å²) < 4.78 is 5.41. The third-order valence-electron chi connectivity index (χ3n) is 7.24. The number of aromatic nitrogens is 1. The van der Waals surface area contributed by atoms with Gasteiger partial charge in [0.2, 0.25) is 0 Å². The fraction of sp³-hybridized carbons (Fsp3) is 0.760. The molecule has 30 heavy (non-hydrogen) atoms. The molecule has 1 aromatic rings. The lowest BCUT2D eigenvalue weighted by atomic mass is 9.81. The van der Waals surface area contributed by atoms with Crippen LogP contribution in [-0.2, 0) is 4.74 Å². The van der Waals surface area contributed by atoms with Gasteiger partial charge in [0.05, 0.1) is 11.9 Å². The third kappa shape index (κ3) is 5.54. The molecule has 5 nitrogen and oxygen atoms in total. The molecule has 0 radical (unpaired) electrons. The Morgan fingerprint density at radius 3 is 2.13 bits per heavy atom. The van der Waals surface area contributed by atoms with Crippen LogP contribution in [0.4, 0.5) is 5.69 Å². The normalized spacial score (nSPS) is 22.7. The molecule has 0 N–H and O–H groups in total. The molecule has 1 saturated carbocycles. The summed E-state index contributed by atoms with van der Waals surface area (Å²) in [6.45, 7) is 10.5. The zero-order valence-electron chi connectivity index (χ0n) is 19.1. The van der Waals surface area contributed by atoms with Gasteiger partial charge in [0, 0.05) is 19.1 Å². The van der Waals surface area contributed by atoms with E-state index in [2.05, 4.69) is 14.8 Å². The van der Waals surface area contributed by atoms with Crippen molar-refractivity contribution >= 4 is 11.7 Å². The zero-order chi connectivity index (χ0) is 21.1. The van der Waals surface area contributed by atoms with Gasteiger partial charge in [0.1, 0.15) is 11.3 Å². The van der Waals surface area contributed by atoms with E-state index in [1.54, 1.807) is 6.07 Å². The van der Waals surface area contributed by atoms with Crippen LogP contribution in [0.25, 0.3) is 0 Å². The number of pyridine rings is 1. The Morgan fingerprint density at radius 1 is 1.00 bits per heavy atom. The van der Waals surface area contributed by atoms with E-state index in [9.17, 15) is 4.79 Å². The number of hydrogen-bond donors (Lipinski definition) is 0. The van der Waals surface area contributed by atoms with E-state index in [1.165, 1.54) is 64.5 Å². The van der Waals surface area contributed by atoms with Crippen LogP contribution in [0.3, 0.4) is 0 Å². The quantitative estimate of drug-likeness (QED) is 0.642. The summed E-state index contributed by atoms with van der Waals surface area (Å²) in [6.07, 6.45) is 12.9. The first-order valence-corrected chi connectivity index (χ1v) is 12.1. The van der Waals surface area contributed by atoms with Crippen molar-refractivity contribution in [1.29, 1.82) is 0 Å². The minimum absolute atomic E-state index is 0.351. The molecule has 5 heteroatoms. The Hall–Kier alpha value is -1.62. The summed E-state index contributed by atoms with van der Waals surface area (Å²) >= 11 is 0. The Morgan fingerprint density at radius 2 is 1.63 bits per heavy atom. The Labute approximate surface area is 182 Å². The molecule has 1 aromatic heterocycles. The SMILES string of the molecule is CC(C)(C)OC(=O)c1ccc(N2CCC(CC3CCN(C4CCC4)CC3)CC2)cn1. The molecule has 0 unspecified atom stereocenters. The van der Waals surface area contributed by atoms with Crippen LogP contribution in [0.5, 0.6) is 0 Å². The molecule has 3 fully saturated rings. The van der Waals surface area contributed by atoms with Gasteiger partial charge in [0.15, 0.2) is 0 Å². The summed E-state index contributed by atoms with van der Waals surface area (Å²) in [6, 6.07) is 4.73. The van der Waals surface area contributed by atoms with Crippen molar-refractivity contribution in [3.63, 3.8) is 0 Å². The van der Waals surface area contributed by atoms with E-state index in [0.29, 0.717) is 5.69 Å². The van der Waals surface area contributed by atoms with Gasteiger partial charge < -0.3 is 14.5 Å². The van der Waals surface area contributed by atoms with E-state index in [1.807, 2.05) is 33.0 Å². The molecular weight excluding hydrogens is 374 g/mol. The minimum Gasteiger partial charge on any atom is -0.455 e. The van der Waals surface area contributed by atoms with Crippen molar-refractivity contribution in [2.75, 3.05) is 31.1 Å². The molecule has 0 atom stereocenters. The van der Waals surface area contributed by atoms with E-state index in [-0.39, 0.29) is 5.97 Å². The number of anilines is 1. The molecule has 3 aliphatic rings. The fourth-order valence-corrected chi connectivity index (χ4v) is 5.23. The second-order valence-corrected chi connectivity index (χ2v) is 10.6. The van der Waals surface area contributed by atoms with Gasteiger partial charge in [-0.1, -0.05) is 6.42 Å². The van der Waals surface area contributed by atoms with E-state index >= 15 is 0 Å². The maximum absolute atomic E-state index is 12.2. The highest BCUT2D eigenvalue weighted by Gasteiger charge is 2.30. The highest BCUT2D eigenvalue weighted by Crippen LogP contribution is 2.34. The number of piperidine rings is 2. The number of nitrogens with zero attached hydrogens (tertiary/aromatic N) is 3. The van der Waals surface area contributed by atoms with Crippen LogP contribution >= 0.6 is 0 Å². The second kappa shape index (κ2) is 9.25. The van der Waals surface area contributed by atoms with Crippen molar-refractivity contribution in [2.45, 2.75) is 83.8 Å². The zero-order valence-corrected chi connectivity index (χ0v) is 19.1. The topological polar surface area (TPSA) is 45.7 Å². The van der Waals surface area contributed by atoms with Crippen molar-refractivity contribution in [1.82, 2.24) is 9.88 Å². The van der Waals surface area contributed by atoms with Crippen molar-refractivity contribution < 1.29 is 9.53 Å². The van der Waals surface area contributed by atoms with Crippen molar-refractivity contribution in [3.8, 4) is 0 Å². The van der Waals surface area contributed by atoms with Gasteiger partial charge in [-0.25, -0.2) is 9.78 Å². The smallest absolute Gasteiger partial charge is 0.357 e. The molecule has 0 bridgehead atoms. The number of esters is 1. The maximum atomic E-state index is 12.2. The largest absolute Gasteiger partial charge is 0.455 e. The molecule has 4 rings (SSSR count). The average Bonchev–Trinajstić information content (AvgIpc) is 2.68. The Balaban J connectivity index is 1.20. The summed E-state index contributed by atoms with van der Waals surface area (Å²) in [5.41, 5.74) is 1.01. The van der Waals surface area contributed by atoms with Gasteiger partial charge in [-0.3, -0.25) is 0 Å². The first kappa shape index (κ1) is 21.6. The highest BCUT2D eigenvalue weighted by molar-refractivity contribution is 5.87. The minimum atomic E-state index is -0.493.